The molecule has 6 heteroatoms. The first kappa shape index (κ1) is 15.5. The Bertz CT molecular complexity index is 626. The van der Waals surface area contributed by atoms with Gasteiger partial charge in [0.15, 0.2) is 5.78 Å². The van der Waals surface area contributed by atoms with Gasteiger partial charge in [-0.3, -0.25) is 4.79 Å². The van der Waals surface area contributed by atoms with Crippen molar-refractivity contribution in [3.8, 4) is 0 Å². The van der Waals surface area contributed by atoms with Crippen LogP contribution in [0.5, 0.6) is 0 Å². The third kappa shape index (κ3) is 3.83. The van der Waals surface area contributed by atoms with Crippen molar-refractivity contribution in [2.24, 2.45) is 5.73 Å². The van der Waals surface area contributed by atoms with E-state index >= 15 is 0 Å². The average molecular weight is 311 g/mol. The quantitative estimate of drug-likeness (QED) is 0.677. The molecule has 0 spiro atoms. The SMILES string of the molecule is NC(CCC(=O)c1c(F)cccc1F)c1ccc(Cl)nc1. The number of carbonyl (C=O) groups is 1. The Morgan fingerprint density at radius 2 is 1.90 bits per heavy atom. The Morgan fingerprint density at radius 1 is 1.24 bits per heavy atom. The van der Waals surface area contributed by atoms with Gasteiger partial charge in [-0.1, -0.05) is 23.7 Å². The average Bonchev–Trinajstić information content (AvgIpc) is 2.45. The van der Waals surface area contributed by atoms with Crippen LogP contribution in [-0.4, -0.2) is 10.8 Å². The topological polar surface area (TPSA) is 56.0 Å². The molecule has 21 heavy (non-hydrogen) atoms. The Kier molecular flexibility index (Phi) is 4.98. The maximum Gasteiger partial charge on any atom is 0.168 e. The monoisotopic (exact) mass is 310 g/mol. The number of ketones is 1. The number of nitrogens with zero attached hydrogens (tertiary/aromatic N) is 1. The number of halogens is 3. The minimum atomic E-state index is -0.860. The molecular weight excluding hydrogens is 298 g/mol. The highest BCUT2D eigenvalue weighted by molar-refractivity contribution is 6.29. The number of rotatable bonds is 5. The molecule has 1 aromatic carbocycles. The summed E-state index contributed by atoms with van der Waals surface area (Å²) < 4.78 is 27.0. The van der Waals surface area contributed by atoms with Gasteiger partial charge in [0.05, 0.1) is 5.56 Å². The predicted molar refractivity (Wildman–Crippen MR) is 76.1 cm³/mol. The van der Waals surface area contributed by atoms with Crippen LogP contribution >= 0.6 is 11.6 Å². The van der Waals surface area contributed by atoms with Gasteiger partial charge in [-0.2, -0.15) is 0 Å². The van der Waals surface area contributed by atoms with Crippen molar-refractivity contribution in [3.63, 3.8) is 0 Å². The van der Waals surface area contributed by atoms with Crippen molar-refractivity contribution in [1.82, 2.24) is 4.98 Å². The summed E-state index contributed by atoms with van der Waals surface area (Å²) in [5.74, 6) is -2.33. The highest BCUT2D eigenvalue weighted by Crippen LogP contribution is 2.20. The standard InChI is InChI=1S/C15H13ClF2N2O/c16-14-7-4-9(8-20-14)12(19)5-6-13(21)15-10(17)2-1-3-11(15)18/h1-4,7-8,12H,5-6,19H2. The molecule has 2 aromatic rings. The molecule has 0 saturated heterocycles. The Labute approximate surface area is 125 Å². The third-order valence-electron chi connectivity index (χ3n) is 3.10. The molecule has 110 valence electrons. The second-order valence-corrected chi connectivity index (χ2v) is 4.97. The van der Waals surface area contributed by atoms with Crippen LogP contribution in [0.4, 0.5) is 8.78 Å². The van der Waals surface area contributed by atoms with Crippen LogP contribution in [0.15, 0.2) is 36.5 Å². The molecule has 0 amide bonds. The van der Waals surface area contributed by atoms with E-state index in [1.807, 2.05) is 0 Å². The van der Waals surface area contributed by atoms with E-state index < -0.39 is 29.0 Å². The normalized spacial score (nSPS) is 12.2. The first-order valence-corrected chi connectivity index (χ1v) is 6.71. The second-order valence-electron chi connectivity index (χ2n) is 4.58. The van der Waals surface area contributed by atoms with Crippen molar-refractivity contribution >= 4 is 17.4 Å². The molecule has 0 fully saturated rings. The van der Waals surface area contributed by atoms with E-state index in [4.69, 9.17) is 17.3 Å². The summed E-state index contributed by atoms with van der Waals surface area (Å²) in [7, 11) is 0. The van der Waals surface area contributed by atoms with Crippen LogP contribution in [0, 0.1) is 11.6 Å². The lowest BCUT2D eigenvalue weighted by Gasteiger charge is -2.11. The lowest BCUT2D eigenvalue weighted by atomic mass is 9.99. The molecule has 0 aliphatic heterocycles. The zero-order valence-electron chi connectivity index (χ0n) is 11.0. The van der Waals surface area contributed by atoms with Gasteiger partial charge in [-0.15, -0.1) is 0 Å². The van der Waals surface area contributed by atoms with Crippen LogP contribution in [0.1, 0.15) is 34.8 Å². The van der Waals surface area contributed by atoms with Gasteiger partial charge in [0.25, 0.3) is 0 Å². The van der Waals surface area contributed by atoms with Crippen LogP contribution in [-0.2, 0) is 0 Å². The zero-order chi connectivity index (χ0) is 15.4. The fourth-order valence-corrected chi connectivity index (χ4v) is 2.06. The van der Waals surface area contributed by atoms with E-state index in [9.17, 15) is 13.6 Å². The molecule has 0 radical (unpaired) electrons. The van der Waals surface area contributed by atoms with Gasteiger partial charge < -0.3 is 5.73 Å². The smallest absolute Gasteiger partial charge is 0.168 e. The summed E-state index contributed by atoms with van der Waals surface area (Å²) in [5.41, 5.74) is 6.12. The van der Waals surface area contributed by atoms with Crippen molar-refractivity contribution in [3.05, 3.63) is 64.4 Å². The number of hydrogen-bond donors (Lipinski definition) is 1. The van der Waals surface area contributed by atoms with Gasteiger partial charge in [0.1, 0.15) is 16.8 Å². The number of aromatic nitrogens is 1. The third-order valence-corrected chi connectivity index (χ3v) is 3.33. The second kappa shape index (κ2) is 6.74. The molecule has 0 aliphatic carbocycles. The summed E-state index contributed by atoms with van der Waals surface area (Å²) >= 11 is 5.67. The fourth-order valence-electron chi connectivity index (χ4n) is 1.95. The molecule has 3 nitrogen and oxygen atoms in total. The molecule has 2 N–H and O–H groups in total. The minimum Gasteiger partial charge on any atom is -0.324 e. The van der Waals surface area contributed by atoms with E-state index in [0.717, 1.165) is 12.1 Å². The molecule has 1 unspecified atom stereocenters. The van der Waals surface area contributed by atoms with Crippen molar-refractivity contribution in [2.75, 3.05) is 0 Å². The summed E-state index contributed by atoms with van der Waals surface area (Å²) in [6, 6.07) is 6.17. The predicted octanol–water partition coefficient (Wildman–Crippen LogP) is 3.68. The number of benzene rings is 1. The molecule has 0 bridgehead atoms. The van der Waals surface area contributed by atoms with E-state index in [2.05, 4.69) is 4.98 Å². The summed E-state index contributed by atoms with van der Waals surface area (Å²) in [6.45, 7) is 0. The fraction of sp³-hybridized carbons (Fsp3) is 0.200. The van der Waals surface area contributed by atoms with Crippen molar-refractivity contribution in [2.45, 2.75) is 18.9 Å². The number of carbonyl (C=O) groups excluding carboxylic acids is 1. The summed E-state index contributed by atoms with van der Waals surface area (Å²) in [5, 5.41) is 0.343. The minimum absolute atomic E-state index is 0.0539. The van der Waals surface area contributed by atoms with Crippen LogP contribution in [0.2, 0.25) is 5.15 Å². The molecule has 0 saturated carbocycles. The van der Waals surface area contributed by atoms with E-state index in [-0.39, 0.29) is 12.8 Å². The van der Waals surface area contributed by atoms with Gasteiger partial charge in [0, 0.05) is 18.7 Å². The summed E-state index contributed by atoms with van der Waals surface area (Å²) in [6.07, 6.45) is 1.72. The number of nitrogens with two attached hydrogens (primary N) is 1. The highest BCUT2D eigenvalue weighted by atomic mass is 35.5. The van der Waals surface area contributed by atoms with Gasteiger partial charge in [-0.05, 0) is 30.2 Å². The Hall–Kier alpha value is -1.85. The van der Waals surface area contributed by atoms with Gasteiger partial charge in [0.2, 0.25) is 0 Å². The van der Waals surface area contributed by atoms with Gasteiger partial charge >= 0.3 is 0 Å². The van der Waals surface area contributed by atoms with Crippen LogP contribution < -0.4 is 5.73 Å². The van der Waals surface area contributed by atoms with Crippen LogP contribution in [0.25, 0.3) is 0 Å². The largest absolute Gasteiger partial charge is 0.324 e. The van der Waals surface area contributed by atoms with E-state index in [0.29, 0.717) is 10.7 Å². The molecule has 1 atom stereocenters. The first-order chi connectivity index (χ1) is 9.99. The van der Waals surface area contributed by atoms with Crippen LogP contribution in [0.3, 0.4) is 0 Å². The number of hydrogen-bond acceptors (Lipinski definition) is 3. The van der Waals surface area contributed by atoms with E-state index in [1.165, 1.54) is 12.3 Å². The highest BCUT2D eigenvalue weighted by Gasteiger charge is 2.18. The number of pyridine rings is 1. The maximum atomic E-state index is 13.5. The van der Waals surface area contributed by atoms with Crippen molar-refractivity contribution < 1.29 is 13.6 Å². The molecule has 1 heterocycles. The van der Waals surface area contributed by atoms with Gasteiger partial charge in [-0.25, -0.2) is 13.8 Å². The first-order valence-electron chi connectivity index (χ1n) is 6.33. The zero-order valence-corrected chi connectivity index (χ0v) is 11.8. The lowest BCUT2D eigenvalue weighted by molar-refractivity contribution is 0.0969. The number of Topliss-reactive ketones (excluding diaryl/α,β-unsaturated/α-hetero) is 1. The lowest BCUT2D eigenvalue weighted by Crippen LogP contribution is -2.14. The maximum absolute atomic E-state index is 13.5. The Morgan fingerprint density at radius 3 is 2.48 bits per heavy atom. The van der Waals surface area contributed by atoms with E-state index in [1.54, 1.807) is 12.1 Å². The Balaban J connectivity index is 2.02. The molecular formula is C15H13ClF2N2O. The molecule has 2 rings (SSSR count). The molecule has 0 aliphatic rings. The van der Waals surface area contributed by atoms with Crippen molar-refractivity contribution in [1.29, 1.82) is 0 Å². The summed E-state index contributed by atoms with van der Waals surface area (Å²) in [4.78, 5) is 15.8. The molecule has 1 aromatic heterocycles.